The number of carbonyl (C=O) groups excluding carboxylic acids is 1. The standard InChI is InChI=1S/C13H26N4O3S/c1-13(2,3)17-12(14-4)15-7-5-11(18)16-10-6-8-21(19,20)9-10/h10H,5-9H2,1-4H3,(H,16,18)(H2,14,15,17). The molecule has 0 saturated carbocycles. The molecule has 7 nitrogen and oxygen atoms in total. The van der Waals surface area contributed by atoms with E-state index in [0.717, 1.165) is 0 Å². The zero-order valence-electron chi connectivity index (χ0n) is 13.2. The molecular weight excluding hydrogens is 292 g/mol. The van der Waals surface area contributed by atoms with Crippen LogP contribution in [0.15, 0.2) is 4.99 Å². The van der Waals surface area contributed by atoms with Gasteiger partial charge in [-0.25, -0.2) is 8.42 Å². The number of nitrogens with zero attached hydrogens (tertiary/aromatic N) is 1. The SMILES string of the molecule is CN=C(NCCC(=O)NC1CCS(=O)(=O)C1)NC(C)(C)C. The summed E-state index contributed by atoms with van der Waals surface area (Å²) in [4.78, 5) is 15.8. The van der Waals surface area contributed by atoms with Crippen molar-refractivity contribution in [2.45, 2.75) is 45.2 Å². The van der Waals surface area contributed by atoms with Gasteiger partial charge in [-0.3, -0.25) is 9.79 Å². The Morgan fingerprint density at radius 3 is 2.48 bits per heavy atom. The quantitative estimate of drug-likeness (QED) is 0.486. The maximum atomic E-state index is 11.8. The van der Waals surface area contributed by atoms with Crippen molar-refractivity contribution in [1.29, 1.82) is 0 Å². The third-order valence-corrected chi connectivity index (χ3v) is 4.73. The van der Waals surface area contributed by atoms with Crippen molar-refractivity contribution in [3.8, 4) is 0 Å². The van der Waals surface area contributed by atoms with Gasteiger partial charge < -0.3 is 16.0 Å². The van der Waals surface area contributed by atoms with Crippen LogP contribution in [0.5, 0.6) is 0 Å². The highest BCUT2D eigenvalue weighted by atomic mass is 32.2. The van der Waals surface area contributed by atoms with Gasteiger partial charge in [-0.15, -0.1) is 0 Å². The van der Waals surface area contributed by atoms with Gasteiger partial charge in [0.05, 0.1) is 11.5 Å². The molecule has 122 valence electrons. The minimum absolute atomic E-state index is 0.0550. The van der Waals surface area contributed by atoms with Crippen molar-refractivity contribution in [2.75, 3.05) is 25.1 Å². The third-order valence-electron chi connectivity index (χ3n) is 2.96. The van der Waals surface area contributed by atoms with Gasteiger partial charge in [0, 0.05) is 31.6 Å². The fourth-order valence-corrected chi connectivity index (χ4v) is 3.71. The highest BCUT2D eigenvalue weighted by Crippen LogP contribution is 2.11. The molecule has 1 fully saturated rings. The van der Waals surface area contributed by atoms with Crippen LogP contribution >= 0.6 is 0 Å². The molecule has 1 aliphatic rings. The van der Waals surface area contributed by atoms with E-state index in [2.05, 4.69) is 20.9 Å². The number of guanidine groups is 1. The van der Waals surface area contributed by atoms with Gasteiger partial charge in [-0.2, -0.15) is 0 Å². The van der Waals surface area contributed by atoms with E-state index in [1.807, 2.05) is 20.8 Å². The minimum atomic E-state index is -2.96. The fourth-order valence-electron chi connectivity index (χ4n) is 2.04. The molecule has 3 N–H and O–H groups in total. The summed E-state index contributed by atoms with van der Waals surface area (Å²) >= 11 is 0. The number of rotatable bonds is 4. The second-order valence-electron chi connectivity index (χ2n) is 6.29. The van der Waals surface area contributed by atoms with Crippen molar-refractivity contribution >= 4 is 21.7 Å². The number of hydrogen-bond acceptors (Lipinski definition) is 4. The zero-order chi connectivity index (χ0) is 16.1. The number of carbonyl (C=O) groups is 1. The number of amides is 1. The van der Waals surface area contributed by atoms with Gasteiger partial charge in [0.25, 0.3) is 0 Å². The van der Waals surface area contributed by atoms with Crippen LogP contribution in [0.3, 0.4) is 0 Å². The molecule has 0 aliphatic carbocycles. The number of hydrogen-bond donors (Lipinski definition) is 3. The zero-order valence-corrected chi connectivity index (χ0v) is 14.0. The Kier molecular flexibility index (Phi) is 6.00. The molecule has 0 aromatic carbocycles. The van der Waals surface area contributed by atoms with Crippen LogP contribution < -0.4 is 16.0 Å². The maximum absolute atomic E-state index is 11.8. The van der Waals surface area contributed by atoms with Gasteiger partial charge in [-0.05, 0) is 27.2 Å². The van der Waals surface area contributed by atoms with E-state index in [1.54, 1.807) is 7.05 Å². The molecule has 1 saturated heterocycles. The van der Waals surface area contributed by atoms with Crippen molar-refractivity contribution in [3.63, 3.8) is 0 Å². The summed E-state index contributed by atoms with van der Waals surface area (Å²) < 4.78 is 22.6. The van der Waals surface area contributed by atoms with Crippen LogP contribution in [-0.4, -0.2) is 57.0 Å². The van der Waals surface area contributed by atoms with E-state index < -0.39 is 9.84 Å². The molecule has 1 atom stereocenters. The monoisotopic (exact) mass is 318 g/mol. The first-order chi connectivity index (χ1) is 9.61. The lowest BCUT2D eigenvalue weighted by Gasteiger charge is -2.23. The Balaban J connectivity index is 2.27. The molecular formula is C13H26N4O3S. The van der Waals surface area contributed by atoms with Crippen LogP contribution in [0, 0.1) is 0 Å². The van der Waals surface area contributed by atoms with E-state index in [1.165, 1.54) is 0 Å². The topological polar surface area (TPSA) is 99.7 Å². The van der Waals surface area contributed by atoms with Gasteiger partial charge in [0.15, 0.2) is 15.8 Å². The van der Waals surface area contributed by atoms with Crippen LogP contribution in [0.1, 0.15) is 33.6 Å². The van der Waals surface area contributed by atoms with Gasteiger partial charge in [0.1, 0.15) is 0 Å². The normalized spacial score (nSPS) is 21.9. The van der Waals surface area contributed by atoms with Crippen molar-refractivity contribution in [2.24, 2.45) is 4.99 Å². The van der Waals surface area contributed by atoms with Crippen LogP contribution in [0.4, 0.5) is 0 Å². The highest BCUT2D eigenvalue weighted by molar-refractivity contribution is 7.91. The first-order valence-corrected chi connectivity index (χ1v) is 8.92. The van der Waals surface area contributed by atoms with E-state index in [9.17, 15) is 13.2 Å². The predicted octanol–water partition coefficient (Wildman–Crippen LogP) is -0.357. The molecule has 0 radical (unpaired) electrons. The summed E-state index contributed by atoms with van der Waals surface area (Å²) in [6.07, 6.45) is 0.788. The average molecular weight is 318 g/mol. The Morgan fingerprint density at radius 1 is 1.33 bits per heavy atom. The molecule has 1 unspecified atom stereocenters. The van der Waals surface area contributed by atoms with E-state index in [0.29, 0.717) is 18.9 Å². The first-order valence-electron chi connectivity index (χ1n) is 7.10. The number of sulfone groups is 1. The summed E-state index contributed by atoms with van der Waals surface area (Å²) in [6, 6.07) is -0.241. The molecule has 8 heteroatoms. The first kappa shape index (κ1) is 17.7. The van der Waals surface area contributed by atoms with Crippen LogP contribution in [-0.2, 0) is 14.6 Å². The maximum Gasteiger partial charge on any atom is 0.222 e. The molecule has 21 heavy (non-hydrogen) atoms. The van der Waals surface area contributed by atoms with Gasteiger partial charge in [-0.1, -0.05) is 0 Å². The Labute approximate surface area is 126 Å². The number of aliphatic imine (C=N–C) groups is 1. The Bertz CT molecular complexity index is 494. The third kappa shape index (κ3) is 7.31. The molecule has 1 rings (SSSR count). The lowest BCUT2D eigenvalue weighted by molar-refractivity contribution is -0.121. The van der Waals surface area contributed by atoms with Crippen molar-refractivity contribution in [3.05, 3.63) is 0 Å². The smallest absolute Gasteiger partial charge is 0.222 e. The largest absolute Gasteiger partial charge is 0.356 e. The van der Waals surface area contributed by atoms with Crippen LogP contribution in [0.25, 0.3) is 0 Å². The summed E-state index contributed by atoms with van der Waals surface area (Å²) in [7, 11) is -1.29. The fraction of sp³-hybridized carbons (Fsp3) is 0.846. The highest BCUT2D eigenvalue weighted by Gasteiger charge is 2.28. The number of nitrogens with one attached hydrogen (secondary N) is 3. The molecule has 0 aromatic rings. The predicted molar refractivity (Wildman–Crippen MR) is 84.1 cm³/mol. The van der Waals surface area contributed by atoms with Crippen LogP contribution in [0.2, 0.25) is 0 Å². The van der Waals surface area contributed by atoms with E-state index in [-0.39, 0.29) is 35.4 Å². The second-order valence-corrected chi connectivity index (χ2v) is 8.52. The summed E-state index contributed by atoms with van der Waals surface area (Å²) in [5, 5.41) is 9.01. The lowest BCUT2D eigenvalue weighted by atomic mass is 10.1. The minimum Gasteiger partial charge on any atom is -0.356 e. The van der Waals surface area contributed by atoms with E-state index >= 15 is 0 Å². The molecule has 0 spiro atoms. The lowest BCUT2D eigenvalue weighted by Crippen LogP contribution is -2.48. The van der Waals surface area contributed by atoms with Gasteiger partial charge in [0.2, 0.25) is 5.91 Å². The summed E-state index contributed by atoms with van der Waals surface area (Å²) in [6.45, 7) is 6.51. The molecule has 1 aliphatic heterocycles. The molecule has 1 heterocycles. The van der Waals surface area contributed by atoms with Crippen molar-refractivity contribution in [1.82, 2.24) is 16.0 Å². The molecule has 1 amide bonds. The average Bonchev–Trinajstić information content (AvgIpc) is 2.65. The van der Waals surface area contributed by atoms with Crippen molar-refractivity contribution < 1.29 is 13.2 Å². The molecule has 0 aromatic heterocycles. The Hall–Kier alpha value is -1.31. The van der Waals surface area contributed by atoms with Gasteiger partial charge >= 0.3 is 0 Å². The molecule has 0 bridgehead atoms. The Morgan fingerprint density at radius 2 is 2.00 bits per heavy atom. The summed E-state index contributed by atoms with van der Waals surface area (Å²) in [5.74, 6) is 0.715. The van der Waals surface area contributed by atoms with E-state index in [4.69, 9.17) is 0 Å². The summed E-state index contributed by atoms with van der Waals surface area (Å²) in [5.41, 5.74) is -0.109. The second kappa shape index (κ2) is 7.11.